The van der Waals surface area contributed by atoms with Crippen molar-refractivity contribution in [3.05, 3.63) is 0 Å². The Balaban J connectivity index is 1.91. The fourth-order valence-corrected chi connectivity index (χ4v) is 4.93. The summed E-state index contributed by atoms with van der Waals surface area (Å²) in [5.74, 6) is 3.15. The van der Waals surface area contributed by atoms with Crippen LogP contribution in [0.3, 0.4) is 0 Å². The van der Waals surface area contributed by atoms with E-state index in [1.54, 1.807) is 0 Å². The highest BCUT2D eigenvalue weighted by molar-refractivity contribution is 6.20. The van der Waals surface area contributed by atoms with E-state index < -0.39 is 0 Å². The summed E-state index contributed by atoms with van der Waals surface area (Å²) >= 11 is 6.40. The van der Waals surface area contributed by atoms with Crippen LogP contribution in [0.1, 0.15) is 45.4 Å². The molecule has 0 N–H and O–H groups in total. The van der Waals surface area contributed by atoms with Crippen molar-refractivity contribution in [1.29, 1.82) is 0 Å². The van der Waals surface area contributed by atoms with Crippen LogP contribution in [0.2, 0.25) is 0 Å². The maximum absolute atomic E-state index is 6.40. The lowest BCUT2D eigenvalue weighted by atomic mass is 9.49. The van der Waals surface area contributed by atoms with E-state index in [0.29, 0.717) is 10.8 Å². The lowest BCUT2D eigenvalue weighted by Crippen LogP contribution is -2.49. The molecule has 0 aliphatic heterocycles. The number of alkyl halides is 1. The van der Waals surface area contributed by atoms with Crippen LogP contribution in [0.5, 0.6) is 0 Å². The average molecular weight is 199 g/mol. The smallest absolute Gasteiger partial charge is 0.0364 e. The number of hydrogen-bond donors (Lipinski definition) is 0. The molecule has 0 aromatic rings. The first-order valence-electron chi connectivity index (χ1n) is 5.82. The predicted molar refractivity (Wildman–Crippen MR) is 55.9 cm³/mol. The van der Waals surface area contributed by atoms with E-state index in [1.165, 1.54) is 38.5 Å². The third-order valence-corrected chi connectivity index (χ3v) is 5.39. The molecule has 0 spiro atoms. The summed E-state index contributed by atoms with van der Waals surface area (Å²) in [6.07, 6.45) is 8.94. The standard InChI is InChI=1S/C12H19Cl/c1-8(13)12-5-9-2-10(6-12)4-11(3-9)7-12/h8-11H,2-7H2,1H3/t8-,9?,10?,11?,12?/m1/s1. The van der Waals surface area contributed by atoms with Crippen LogP contribution in [0, 0.1) is 23.2 Å². The van der Waals surface area contributed by atoms with Crippen molar-refractivity contribution in [2.24, 2.45) is 23.2 Å². The Morgan fingerprint density at radius 2 is 1.38 bits per heavy atom. The Morgan fingerprint density at radius 3 is 1.69 bits per heavy atom. The molecule has 0 saturated heterocycles. The molecule has 4 saturated carbocycles. The van der Waals surface area contributed by atoms with Gasteiger partial charge in [0.2, 0.25) is 0 Å². The molecule has 0 radical (unpaired) electrons. The Bertz CT molecular complexity index is 184. The second-order valence-electron chi connectivity index (χ2n) is 5.90. The fourth-order valence-electron chi connectivity index (χ4n) is 4.66. The molecule has 4 aliphatic rings. The van der Waals surface area contributed by atoms with Gasteiger partial charge in [0.1, 0.15) is 0 Å². The van der Waals surface area contributed by atoms with Gasteiger partial charge < -0.3 is 0 Å². The highest BCUT2D eigenvalue weighted by Gasteiger charge is 2.52. The normalized spacial score (nSPS) is 55.4. The van der Waals surface area contributed by atoms with Crippen molar-refractivity contribution in [2.45, 2.75) is 50.8 Å². The van der Waals surface area contributed by atoms with Crippen molar-refractivity contribution in [2.75, 3.05) is 0 Å². The lowest BCUT2D eigenvalue weighted by Gasteiger charge is -2.58. The van der Waals surface area contributed by atoms with Crippen LogP contribution in [0.4, 0.5) is 0 Å². The quantitative estimate of drug-likeness (QED) is 0.562. The van der Waals surface area contributed by atoms with E-state index in [2.05, 4.69) is 6.92 Å². The molecule has 0 aromatic carbocycles. The lowest BCUT2D eigenvalue weighted by molar-refractivity contribution is -0.0522. The molecule has 4 aliphatic carbocycles. The molecule has 4 rings (SSSR count). The van der Waals surface area contributed by atoms with Crippen molar-refractivity contribution < 1.29 is 0 Å². The van der Waals surface area contributed by atoms with Crippen LogP contribution in [0.15, 0.2) is 0 Å². The van der Waals surface area contributed by atoms with Gasteiger partial charge >= 0.3 is 0 Å². The zero-order valence-corrected chi connectivity index (χ0v) is 9.19. The van der Waals surface area contributed by atoms with E-state index in [4.69, 9.17) is 11.6 Å². The third kappa shape index (κ3) is 1.17. The van der Waals surface area contributed by atoms with Gasteiger partial charge in [-0.1, -0.05) is 0 Å². The number of halogens is 1. The molecule has 74 valence electrons. The van der Waals surface area contributed by atoms with Crippen molar-refractivity contribution in [1.82, 2.24) is 0 Å². The van der Waals surface area contributed by atoms with Crippen molar-refractivity contribution in [3.8, 4) is 0 Å². The summed E-state index contributed by atoms with van der Waals surface area (Å²) in [6.45, 7) is 2.23. The highest BCUT2D eigenvalue weighted by atomic mass is 35.5. The maximum Gasteiger partial charge on any atom is 0.0364 e. The summed E-state index contributed by atoms with van der Waals surface area (Å²) in [4.78, 5) is 0. The van der Waals surface area contributed by atoms with Gasteiger partial charge in [-0.2, -0.15) is 0 Å². The van der Waals surface area contributed by atoms with Gasteiger partial charge in [0.15, 0.2) is 0 Å². The number of hydrogen-bond acceptors (Lipinski definition) is 0. The van der Waals surface area contributed by atoms with Gasteiger partial charge in [-0.25, -0.2) is 0 Å². The second kappa shape index (κ2) is 2.66. The number of rotatable bonds is 1. The summed E-state index contributed by atoms with van der Waals surface area (Å²) in [6, 6.07) is 0. The first-order valence-corrected chi connectivity index (χ1v) is 6.26. The monoisotopic (exact) mass is 198 g/mol. The van der Waals surface area contributed by atoms with E-state index >= 15 is 0 Å². The first kappa shape index (κ1) is 8.59. The first-order chi connectivity index (χ1) is 6.18. The molecule has 4 bridgehead atoms. The Hall–Kier alpha value is 0.290. The SMILES string of the molecule is C[C@@H](Cl)C12CC3CC(CC(C3)C1)C2. The van der Waals surface area contributed by atoms with Gasteiger partial charge in [-0.15, -0.1) is 11.6 Å². The fraction of sp³-hybridized carbons (Fsp3) is 1.00. The van der Waals surface area contributed by atoms with Crippen LogP contribution < -0.4 is 0 Å². The summed E-state index contributed by atoms with van der Waals surface area (Å²) < 4.78 is 0. The van der Waals surface area contributed by atoms with E-state index in [0.717, 1.165) is 17.8 Å². The van der Waals surface area contributed by atoms with Gasteiger partial charge in [-0.05, 0) is 68.6 Å². The van der Waals surface area contributed by atoms with Crippen LogP contribution in [-0.4, -0.2) is 5.38 Å². The molecule has 0 heterocycles. The van der Waals surface area contributed by atoms with Crippen molar-refractivity contribution >= 4 is 11.6 Å². The van der Waals surface area contributed by atoms with Gasteiger partial charge in [0.25, 0.3) is 0 Å². The summed E-state index contributed by atoms with van der Waals surface area (Å²) in [7, 11) is 0. The summed E-state index contributed by atoms with van der Waals surface area (Å²) in [5.41, 5.74) is 0.566. The van der Waals surface area contributed by atoms with Crippen LogP contribution in [-0.2, 0) is 0 Å². The van der Waals surface area contributed by atoms with E-state index in [-0.39, 0.29) is 0 Å². The summed E-state index contributed by atoms with van der Waals surface area (Å²) in [5, 5.41) is 0.417. The zero-order valence-electron chi connectivity index (χ0n) is 8.43. The molecular formula is C12H19Cl. The second-order valence-corrected chi connectivity index (χ2v) is 6.55. The van der Waals surface area contributed by atoms with Gasteiger partial charge in [-0.3, -0.25) is 0 Å². The minimum atomic E-state index is 0.417. The molecule has 0 amide bonds. The zero-order chi connectivity index (χ0) is 9.05. The Morgan fingerprint density at radius 1 is 1.00 bits per heavy atom. The Labute approximate surface area is 86.0 Å². The van der Waals surface area contributed by atoms with Crippen molar-refractivity contribution in [3.63, 3.8) is 0 Å². The molecule has 1 heteroatoms. The van der Waals surface area contributed by atoms with Gasteiger partial charge in [0, 0.05) is 5.38 Å². The largest absolute Gasteiger partial charge is 0.123 e. The molecule has 0 nitrogen and oxygen atoms in total. The highest BCUT2D eigenvalue weighted by Crippen LogP contribution is 2.62. The average Bonchev–Trinajstić information content (AvgIpc) is 2.00. The van der Waals surface area contributed by atoms with Crippen LogP contribution >= 0.6 is 11.6 Å². The topological polar surface area (TPSA) is 0 Å². The Kier molecular flexibility index (Phi) is 1.75. The molecule has 13 heavy (non-hydrogen) atoms. The minimum absolute atomic E-state index is 0.417. The molecule has 1 atom stereocenters. The van der Waals surface area contributed by atoms with E-state index in [1.807, 2.05) is 0 Å². The molecule has 0 unspecified atom stereocenters. The predicted octanol–water partition coefficient (Wildman–Crippen LogP) is 3.83. The molecular weight excluding hydrogens is 180 g/mol. The minimum Gasteiger partial charge on any atom is -0.123 e. The molecule has 0 aromatic heterocycles. The van der Waals surface area contributed by atoms with E-state index in [9.17, 15) is 0 Å². The van der Waals surface area contributed by atoms with Crippen LogP contribution in [0.25, 0.3) is 0 Å². The third-order valence-electron chi connectivity index (χ3n) is 4.93. The maximum atomic E-state index is 6.40. The molecule has 4 fully saturated rings. The van der Waals surface area contributed by atoms with Gasteiger partial charge in [0.05, 0.1) is 0 Å².